The van der Waals surface area contributed by atoms with Crippen LogP contribution in [-0.2, 0) is 11.4 Å². The van der Waals surface area contributed by atoms with Crippen LogP contribution in [0, 0.1) is 0 Å². The predicted octanol–water partition coefficient (Wildman–Crippen LogP) is 2.00. The van der Waals surface area contributed by atoms with Crippen LogP contribution < -0.4 is 4.90 Å². The van der Waals surface area contributed by atoms with E-state index in [4.69, 9.17) is 0 Å². The third-order valence-electron chi connectivity index (χ3n) is 3.72. The van der Waals surface area contributed by atoms with Crippen molar-refractivity contribution in [1.29, 1.82) is 0 Å². The van der Waals surface area contributed by atoms with Crippen molar-refractivity contribution in [3.8, 4) is 0 Å². The molecule has 19 heavy (non-hydrogen) atoms. The molecule has 4 nitrogen and oxygen atoms in total. The van der Waals surface area contributed by atoms with Gasteiger partial charge in [-0.2, -0.15) is 0 Å². The van der Waals surface area contributed by atoms with Gasteiger partial charge < -0.3 is 14.9 Å². The molecule has 1 saturated heterocycles. The molecule has 1 fully saturated rings. The van der Waals surface area contributed by atoms with E-state index in [-0.39, 0.29) is 12.5 Å². The Hall–Kier alpha value is -1.07. The molecule has 1 aromatic carbocycles. The van der Waals surface area contributed by atoms with Crippen LogP contribution in [0.15, 0.2) is 22.7 Å². The summed E-state index contributed by atoms with van der Waals surface area (Å²) in [7, 11) is 1.84. The van der Waals surface area contributed by atoms with Crippen molar-refractivity contribution in [2.24, 2.45) is 0 Å². The van der Waals surface area contributed by atoms with Gasteiger partial charge in [0.15, 0.2) is 0 Å². The zero-order valence-corrected chi connectivity index (χ0v) is 13.1. The van der Waals surface area contributed by atoms with Gasteiger partial charge in [-0.15, -0.1) is 0 Å². The van der Waals surface area contributed by atoms with E-state index in [1.807, 2.05) is 39.1 Å². The fraction of sp³-hybridized carbons (Fsp3) is 0.500. The quantitative estimate of drug-likeness (QED) is 0.904. The molecular weight excluding hydrogens is 308 g/mol. The minimum absolute atomic E-state index is 0.00588. The topological polar surface area (TPSA) is 43.8 Å². The van der Waals surface area contributed by atoms with Crippen LogP contribution in [0.5, 0.6) is 0 Å². The molecule has 2 rings (SSSR count). The molecule has 0 atom stereocenters. The van der Waals surface area contributed by atoms with Gasteiger partial charge in [-0.25, -0.2) is 0 Å². The van der Waals surface area contributed by atoms with E-state index in [1.54, 1.807) is 4.90 Å². The lowest BCUT2D eigenvalue weighted by Gasteiger charge is -2.46. The number of aliphatic hydroxyl groups is 1. The van der Waals surface area contributed by atoms with Gasteiger partial charge in [-0.3, -0.25) is 4.79 Å². The fourth-order valence-corrected chi connectivity index (χ4v) is 2.99. The zero-order chi connectivity index (χ0) is 14.2. The second-order valence-corrected chi connectivity index (χ2v) is 6.23. The molecule has 0 unspecified atom stereocenters. The summed E-state index contributed by atoms with van der Waals surface area (Å²) in [4.78, 5) is 16.2. The Balaban J connectivity index is 2.36. The second-order valence-electron chi connectivity index (χ2n) is 5.37. The van der Waals surface area contributed by atoms with E-state index < -0.39 is 5.54 Å². The summed E-state index contributed by atoms with van der Waals surface area (Å²) < 4.78 is 0.870. The summed E-state index contributed by atoms with van der Waals surface area (Å²) in [6, 6.07) is 5.81. The maximum atomic E-state index is 12.3. The van der Waals surface area contributed by atoms with E-state index in [1.165, 1.54) is 0 Å². The molecule has 0 aliphatic carbocycles. The standard InChI is InChI=1S/C14H19BrN2O2/c1-14(2)13(19)16(3)6-7-17(14)11-5-4-10(9-18)12(15)8-11/h4-5,8,18H,6-7,9H2,1-3H3. The molecule has 1 amide bonds. The van der Waals surface area contributed by atoms with Crippen LogP contribution in [0.25, 0.3) is 0 Å². The van der Waals surface area contributed by atoms with Crippen LogP contribution in [0.4, 0.5) is 5.69 Å². The molecule has 1 aliphatic rings. The Labute approximate surface area is 122 Å². The number of piperazine rings is 1. The molecule has 0 radical (unpaired) electrons. The molecule has 0 saturated carbocycles. The summed E-state index contributed by atoms with van der Waals surface area (Å²) >= 11 is 3.46. The Bertz CT molecular complexity index is 502. The normalized spacial score (nSPS) is 18.9. The Morgan fingerprint density at radius 3 is 2.63 bits per heavy atom. The smallest absolute Gasteiger partial charge is 0.247 e. The maximum absolute atomic E-state index is 12.3. The van der Waals surface area contributed by atoms with Crippen LogP contribution in [-0.4, -0.2) is 41.6 Å². The van der Waals surface area contributed by atoms with Gasteiger partial charge >= 0.3 is 0 Å². The molecule has 1 heterocycles. The molecule has 104 valence electrons. The monoisotopic (exact) mass is 326 g/mol. The van der Waals surface area contributed by atoms with E-state index in [9.17, 15) is 9.90 Å². The summed E-state index contributed by atoms with van der Waals surface area (Å²) in [5.74, 6) is 0.126. The van der Waals surface area contributed by atoms with Crippen LogP contribution >= 0.6 is 15.9 Å². The molecule has 5 heteroatoms. The third kappa shape index (κ3) is 2.49. The van der Waals surface area contributed by atoms with Crippen molar-refractivity contribution in [2.45, 2.75) is 26.0 Å². The summed E-state index contributed by atoms with van der Waals surface area (Å²) in [5.41, 5.74) is 1.30. The van der Waals surface area contributed by atoms with Crippen molar-refractivity contribution >= 4 is 27.5 Å². The number of anilines is 1. The number of aliphatic hydroxyl groups excluding tert-OH is 1. The van der Waals surface area contributed by atoms with Gasteiger partial charge in [-0.05, 0) is 31.5 Å². The number of carbonyl (C=O) groups excluding carboxylic acids is 1. The largest absolute Gasteiger partial charge is 0.392 e. The van der Waals surface area contributed by atoms with Gasteiger partial charge in [0.25, 0.3) is 0 Å². The number of likely N-dealkylation sites (N-methyl/N-ethyl adjacent to an activating group) is 1. The van der Waals surface area contributed by atoms with E-state index in [2.05, 4.69) is 20.8 Å². The van der Waals surface area contributed by atoms with Crippen LogP contribution in [0.1, 0.15) is 19.4 Å². The number of nitrogens with zero attached hydrogens (tertiary/aromatic N) is 2. The number of hydrogen-bond donors (Lipinski definition) is 1. The summed E-state index contributed by atoms with van der Waals surface area (Å²) in [6.45, 7) is 5.42. The highest BCUT2D eigenvalue weighted by Gasteiger charge is 2.40. The Kier molecular flexibility index (Phi) is 3.87. The van der Waals surface area contributed by atoms with Crippen molar-refractivity contribution in [1.82, 2.24) is 4.90 Å². The van der Waals surface area contributed by atoms with Gasteiger partial charge in [0.2, 0.25) is 5.91 Å². The first-order valence-electron chi connectivity index (χ1n) is 6.30. The average Bonchev–Trinajstić information content (AvgIpc) is 2.36. The lowest BCUT2D eigenvalue weighted by molar-refractivity contribution is -0.136. The Morgan fingerprint density at radius 2 is 2.05 bits per heavy atom. The number of hydrogen-bond acceptors (Lipinski definition) is 3. The molecule has 0 bridgehead atoms. The highest BCUT2D eigenvalue weighted by Crippen LogP contribution is 2.31. The van der Waals surface area contributed by atoms with Crippen molar-refractivity contribution < 1.29 is 9.90 Å². The minimum atomic E-state index is -0.548. The van der Waals surface area contributed by atoms with E-state index in [0.29, 0.717) is 0 Å². The van der Waals surface area contributed by atoms with Crippen molar-refractivity contribution in [3.05, 3.63) is 28.2 Å². The first kappa shape index (κ1) is 14.3. The highest BCUT2D eigenvalue weighted by molar-refractivity contribution is 9.10. The van der Waals surface area contributed by atoms with Crippen molar-refractivity contribution in [2.75, 3.05) is 25.0 Å². The highest BCUT2D eigenvalue weighted by atomic mass is 79.9. The number of carbonyl (C=O) groups is 1. The number of rotatable bonds is 2. The number of amides is 1. The molecule has 1 aromatic rings. The maximum Gasteiger partial charge on any atom is 0.247 e. The van der Waals surface area contributed by atoms with Crippen LogP contribution in [0.3, 0.4) is 0 Å². The zero-order valence-electron chi connectivity index (χ0n) is 11.5. The first-order valence-corrected chi connectivity index (χ1v) is 7.09. The lowest BCUT2D eigenvalue weighted by Crippen LogP contribution is -2.62. The van der Waals surface area contributed by atoms with Gasteiger partial charge in [0, 0.05) is 30.3 Å². The third-order valence-corrected chi connectivity index (χ3v) is 4.46. The van der Waals surface area contributed by atoms with E-state index in [0.717, 1.165) is 28.8 Å². The van der Waals surface area contributed by atoms with Gasteiger partial charge in [0.05, 0.1) is 6.61 Å². The molecule has 1 aliphatic heterocycles. The van der Waals surface area contributed by atoms with Gasteiger partial charge in [0.1, 0.15) is 5.54 Å². The minimum Gasteiger partial charge on any atom is -0.392 e. The summed E-state index contributed by atoms with van der Waals surface area (Å²) in [5, 5.41) is 9.19. The summed E-state index contributed by atoms with van der Waals surface area (Å²) in [6.07, 6.45) is 0. The first-order chi connectivity index (χ1) is 8.87. The molecule has 0 aromatic heterocycles. The second kappa shape index (κ2) is 5.13. The van der Waals surface area contributed by atoms with E-state index >= 15 is 0 Å². The molecule has 0 spiro atoms. The SMILES string of the molecule is CN1CCN(c2ccc(CO)c(Br)c2)C(C)(C)C1=O. The van der Waals surface area contributed by atoms with Crippen LogP contribution in [0.2, 0.25) is 0 Å². The predicted molar refractivity (Wildman–Crippen MR) is 79.1 cm³/mol. The number of benzene rings is 1. The average molecular weight is 327 g/mol. The lowest BCUT2D eigenvalue weighted by atomic mass is 9.96. The fourth-order valence-electron chi connectivity index (χ4n) is 2.50. The molecule has 1 N–H and O–H groups in total. The van der Waals surface area contributed by atoms with Crippen molar-refractivity contribution in [3.63, 3.8) is 0 Å². The molecular formula is C14H19BrN2O2. The van der Waals surface area contributed by atoms with Gasteiger partial charge in [-0.1, -0.05) is 22.0 Å². The number of halogens is 1. The Morgan fingerprint density at radius 1 is 1.37 bits per heavy atom.